The van der Waals surface area contributed by atoms with Gasteiger partial charge in [-0.25, -0.2) is 0 Å². The molecule has 16 heavy (non-hydrogen) atoms. The van der Waals surface area contributed by atoms with Crippen molar-refractivity contribution in [3.8, 4) is 0 Å². The number of ether oxygens (including phenoxy) is 1. The topological polar surface area (TPSA) is 69.6 Å². The average Bonchev–Trinajstić information content (AvgIpc) is 2.53. The predicted molar refractivity (Wildman–Crippen MR) is 58.6 cm³/mol. The second-order valence-electron chi connectivity index (χ2n) is 5.02. The van der Waals surface area contributed by atoms with Crippen LogP contribution in [-0.2, 0) is 9.53 Å². The molecule has 1 rings (SSSR count). The van der Waals surface area contributed by atoms with E-state index >= 15 is 0 Å². The van der Waals surface area contributed by atoms with Gasteiger partial charge in [0.1, 0.15) is 12.6 Å². The molecule has 1 heterocycles. The number of hydrogen-bond donors (Lipinski definition) is 1. The Labute approximate surface area is 97.2 Å². The second-order valence-corrected chi connectivity index (χ2v) is 5.02. The smallest absolute Gasteiger partial charge is 0.108 e. The van der Waals surface area contributed by atoms with Crippen LogP contribution in [0.15, 0.2) is 0 Å². The number of aliphatic hydroxyl groups excluding tert-OH is 1. The molecule has 0 aromatic carbocycles. The highest BCUT2D eigenvalue weighted by molar-refractivity contribution is 5.64. The van der Waals surface area contributed by atoms with Crippen LogP contribution in [0, 0.1) is 0 Å². The number of likely N-dealkylation sites (N-methyl/N-ethyl adjacent to an activating group) is 1. The molecule has 1 N–H and O–H groups in total. The standard InChI is InChI=1S/C7H15NO3.C4H8O/c1-8(2,3)5-6(9)4-7(10)11;1-2-4-5-3-1/h6,9H,4-5H2,1-3H3;1-4H2/t6-;/m1./s1. The van der Waals surface area contributed by atoms with Gasteiger partial charge in [-0.2, -0.15) is 0 Å². The van der Waals surface area contributed by atoms with Crippen LogP contribution in [0.5, 0.6) is 0 Å². The van der Waals surface area contributed by atoms with E-state index in [-0.39, 0.29) is 6.42 Å². The van der Waals surface area contributed by atoms with Gasteiger partial charge in [-0.3, -0.25) is 0 Å². The molecule has 0 unspecified atom stereocenters. The van der Waals surface area contributed by atoms with Crippen LogP contribution in [0.3, 0.4) is 0 Å². The molecule has 1 saturated heterocycles. The van der Waals surface area contributed by atoms with Gasteiger partial charge in [0, 0.05) is 25.6 Å². The first-order chi connectivity index (χ1) is 7.31. The number of rotatable bonds is 4. The highest BCUT2D eigenvalue weighted by Crippen LogP contribution is 1.98. The average molecular weight is 233 g/mol. The summed E-state index contributed by atoms with van der Waals surface area (Å²) in [5, 5.41) is 19.1. The van der Waals surface area contributed by atoms with Crippen molar-refractivity contribution < 1.29 is 24.2 Å². The van der Waals surface area contributed by atoms with Gasteiger partial charge in [0.05, 0.1) is 21.1 Å². The number of carbonyl (C=O) groups is 1. The third kappa shape index (κ3) is 11.4. The molecule has 0 aliphatic carbocycles. The number of aliphatic hydroxyl groups is 1. The Morgan fingerprint density at radius 1 is 1.38 bits per heavy atom. The largest absolute Gasteiger partial charge is 0.550 e. The summed E-state index contributed by atoms with van der Waals surface area (Å²) in [4.78, 5) is 10.0. The molecule has 0 spiro atoms. The first-order valence-electron chi connectivity index (χ1n) is 5.57. The molecule has 0 amide bonds. The SMILES string of the molecule is C1CCOC1.C[N+](C)(C)C[C@H](O)CC(=O)[O-]. The summed E-state index contributed by atoms with van der Waals surface area (Å²) in [7, 11) is 5.66. The summed E-state index contributed by atoms with van der Waals surface area (Å²) in [6.07, 6.45) is 1.47. The van der Waals surface area contributed by atoms with E-state index in [2.05, 4.69) is 0 Å². The quantitative estimate of drug-likeness (QED) is 0.632. The first-order valence-corrected chi connectivity index (χ1v) is 5.57. The Morgan fingerprint density at radius 3 is 2.12 bits per heavy atom. The van der Waals surface area contributed by atoms with Crippen molar-refractivity contribution >= 4 is 5.97 Å². The molecular formula is C11H23NO4. The van der Waals surface area contributed by atoms with Crippen molar-refractivity contribution in [2.45, 2.75) is 25.4 Å². The predicted octanol–water partition coefficient (Wildman–Crippen LogP) is -1.01. The maximum Gasteiger partial charge on any atom is 0.108 e. The van der Waals surface area contributed by atoms with Gasteiger partial charge in [0.2, 0.25) is 0 Å². The maximum absolute atomic E-state index is 10.0. The molecule has 0 radical (unpaired) electrons. The van der Waals surface area contributed by atoms with E-state index in [4.69, 9.17) is 9.84 Å². The Balaban J connectivity index is 0.000000368. The zero-order chi connectivity index (χ0) is 12.6. The van der Waals surface area contributed by atoms with Crippen LogP contribution in [0.2, 0.25) is 0 Å². The Morgan fingerprint density at radius 2 is 1.88 bits per heavy atom. The summed E-state index contributed by atoms with van der Waals surface area (Å²) in [5.41, 5.74) is 0. The van der Waals surface area contributed by atoms with Crippen LogP contribution in [-0.4, -0.2) is 62.6 Å². The molecule has 0 saturated carbocycles. The third-order valence-corrected chi connectivity index (χ3v) is 1.99. The van der Waals surface area contributed by atoms with Gasteiger partial charge < -0.3 is 24.2 Å². The Kier molecular flexibility index (Phi) is 7.29. The van der Waals surface area contributed by atoms with E-state index < -0.39 is 12.1 Å². The summed E-state index contributed by atoms with van der Waals surface area (Å²) in [6.45, 7) is 2.42. The van der Waals surface area contributed by atoms with E-state index in [0.29, 0.717) is 11.0 Å². The van der Waals surface area contributed by atoms with Gasteiger partial charge >= 0.3 is 0 Å². The molecule has 1 aliphatic rings. The molecule has 0 aromatic rings. The summed E-state index contributed by atoms with van der Waals surface area (Å²) < 4.78 is 5.49. The van der Waals surface area contributed by atoms with Gasteiger partial charge in [0.25, 0.3) is 0 Å². The fraction of sp³-hybridized carbons (Fsp3) is 0.909. The number of hydrogen-bond acceptors (Lipinski definition) is 4. The first kappa shape index (κ1) is 15.3. The van der Waals surface area contributed by atoms with Crippen LogP contribution in [0.4, 0.5) is 0 Å². The monoisotopic (exact) mass is 233 g/mol. The lowest BCUT2D eigenvalue weighted by Gasteiger charge is -2.26. The zero-order valence-electron chi connectivity index (χ0n) is 10.4. The summed E-state index contributed by atoms with van der Waals surface area (Å²) in [6, 6.07) is 0. The highest BCUT2D eigenvalue weighted by Gasteiger charge is 2.14. The zero-order valence-corrected chi connectivity index (χ0v) is 10.4. The minimum atomic E-state index is -1.20. The van der Waals surface area contributed by atoms with E-state index in [1.54, 1.807) is 0 Å². The number of quaternary nitrogens is 1. The minimum Gasteiger partial charge on any atom is -0.550 e. The van der Waals surface area contributed by atoms with Crippen molar-refractivity contribution in [1.82, 2.24) is 0 Å². The molecule has 1 fully saturated rings. The van der Waals surface area contributed by atoms with Crippen molar-refractivity contribution in [1.29, 1.82) is 0 Å². The molecule has 5 heteroatoms. The number of carbonyl (C=O) groups excluding carboxylic acids is 1. The third-order valence-electron chi connectivity index (χ3n) is 1.99. The van der Waals surface area contributed by atoms with Crippen LogP contribution >= 0.6 is 0 Å². The highest BCUT2D eigenvalue weighted by atomic mass is 16.5. The number of carboxylic acid groups (broad SMARTS) is 1. The lowest BCUT2D eigenvalue weighted by Crippen LogP contribution is -2.43. The Hall–Kier alpha value is -0.650. The number of aliphatic carboxylic acids is 1. The number of nitrogens with zero attached hydrogens (tertiary/aromatic N) is 1. The van der Waals surface area contributed by atoms with E-state index in [9.17, 15) is 9.90 Å². The van der Waals surface area contributed by atoms with Crippen molar-refractivity contribution in [3.63, 3.8) is 0 Å². The van der Waals surface area contributed by atoms with Crippen molar-refractivity contribution in [3.05, 3.63) is 0 Å². The van der Waals surface area contributed by atoms with Crippen molar-refractivity contribution in [2.75, 3.05) is 40.9 Å². The van der Waals surface area contributed by atoms with E-state index in [0.717, 1.165) is 13.2 Å². The summed E-state index contributed by atoms with van der Waals surface area (Å²) >= 11 is 0. The minimum absolute atomic E-state index is 0.282. The molecule has 96 valence electrons. The molecular weight excluding hydrogens is 210 g/mol. The van der Waals surface area contributed by atoms with Crippen LogP contribution in [0.1, 0.15) is 19.3 Å². The van der Waals surface area contributed by atoms with Gasteiger partial charge in [-0.15, -0.1) is 0 Å². The van der Waals surface area contributed by atoms with Crippen LogP contribution in [0.25, 0.3) is 0 Å². The van der Waals surface area contributed by atoms with E-state index in [1.807, 2.05) is 21.1 Å². The molecule has 1 atom stereocenters. The lowest BCUT2D eigenvalue weighted by atomic mass is 10.2. The molecule has 1 aliphatic heterocycles. The molecule has 0 aromatic heterocycles. The fourth-order valence-corrected chi connectivity index (χ4v) is 1.40. The fourth-order valence-electron chi connectivity index (χ4n) is 1.40. The Bertz CT molecular complexity index is 189. The van der Waals surface area contributed by atoms with Crippen LogP contribution < -0.4 is 5.11 Å². The maximum atomic E-state index is 10.0. The summed E-state index contributed by atoms with van der Waals surface area (Å²) in [5.74, 6) is -1.20. The van der Waals surface area contributed by atoms with E-state index in [1.165, 1.54) is 12.8 Å². The number of carboxylic acids is 1. The van der Waals surface area contributed by atoms with Gasteiger partial charge in [0.15, 0.2) is 0 Å². The van der Waals surface area contributed by atoms with Crippen molar-refractivity contribution in [2.24, 2.45) is 0 Å². The molecule has 5 nitrogen and oxygen atoms in total. The van der Waals surface area contributed by atoms with Gasteiger partial charge in [-0.05, 0) is 12.8 Å². The second kappa shape index (κ2) is 7.60. The normalized spacial score (nSPS) is 17.5. The van der Waals surface area contributed by atoms with Gasteiger partial charge in [-0.1, -0.05) is 0 Å². The molecule has 0 bridgehead atoms. The lowest BCUT2D eigenvalue weighted by molar-refractivity contribution is -0.873.